The summed E-state index contributed by atoms with van der Waals surface area (Å²) in [7, 11) is 3.16. The fraction of sp³-hybridized carbons (Fsp3) is 0.263. The van der Waals surface area contributed by atoms with Crippen molar-refractivity contribution in [3.8, 4) is 0 Å². The van der Waals surface area contributed by atoms with E-state index >= 15 is 0 Å². The summed E-state index contributed by atoms with van der Waals surface area (Å²) in [6, 6.07) is 11.9. The molecule has 0 fully saturated rings. The van der Waals surface area contributed by atoms with E-state index in [1.54, 1.807) is 14.1 Å². The number of nitrogens with zero attached hydrogens (tertiary/aromatic N) is 1. The molecule has 0 saturated carbocycles. The maximum absolute atomic E-state index is 13.4. The molecule has 2 aromatic rings. The molecule has 2 rings (SSSR count). The molecule has 0 heterocycles. The SMILES string of the molecule is Cc1ccc(CSCC(=O)Nc2ccc(F)cc2C(=O)N(C)C)cc1. The van der Waals surface area contributed by atoms with E-state index in [9.17, 15) is 14.0 Å². The zero-order chi connectivity index (χ0) is 18.4. The summed E-state index contributed by atoms with van der Waals surface area (Å²) in [6.45, 7) is 2.03. The van der Waals surface area contributed by atoms with Crippen LogP contribution in [0.4, 0.5) is 10.1 Å². The number of aryl methyl sites for hydroxylation is 1. The highest BCUT2D eigenvalue weighted by atomic mass is 32.2. The highest BCUT2D eigenvalue weighted by Crippen LogP contribution is 2.20. The van der Waals surface area contributed by atoms with E-state index in [-0.39, 0.29) is 23.1 Å². The molecule has 0 unspecified atom stereocenters. The standard InChI is InChI=1S/C19H21FN2O2S/c1-13-4-6-14(7-5-13)11-25-12-18(23)21-17-9-8-15(20)10-16(17)19(24)22(2)3/h4-10H,11-12H2,1-3H3,(H,21,23). The van der Waals surface area contributed by atoms with Gasteiger partial charge in [0.25, 0.3) is 5.91 Å². The predicted molar refractivity (Wildman–Crippen MR) is 100 cm³/mol. The third kappa shape index (κ3) is 5.60. The van der Waals surface area contributed by atoms with Gasteiger partial charge in [-0.25, -0.2) is 4.39 Å². The number of thioether (sulfide) groups is 1. The number of rotatable bonds is 6. The fourth-order valence-corrected chi connectivity index (χ4v) is 2.96. The maximum atomic E-state index is 13.4. The fourth-order valence-electron chi connectivity index (χ4n) is 2.18. The highest BCUT2D eigenvalue weighted by Gasteiger charge is 2.16. The Hall–Kier alpha value is -2.34. The first-order valence-electron chi connectivity index (χ1n) is 7.81. The molecule has 2 amide bonds. The molecule has 0 radical (unpaired) electrons. The van der Waals surface area contributed by atoms with Crippen molar-refractivity contribution < 1.29 is 14.0 Å². The van der Waals surface area contributed by atoms with Gasteiger partial charge in [0.05, 0.1) is 17.0 Å². The summed E-state index contributed by atoms with van der Waals surface area (Å²) in [5.41, 5.74) is 2.80. The molecule has 0 saturated heterocycles. The van der Waals surface area contributed by atoms with Crippen LogP contribution in [0.15, 0.2) is 42.5 Å². The number of carbonyl (C=O) groups excluding carboxylic acids is 2. The van der Waals surface area contributed by atoms with Gasteiger partial charge in [-0.3, -0.25) is 9.59 Å². The van der Waals surface area contributed by atoms with E-state index < -0.39 is 5.82 Å². The van der Waals surface area contributed by atoms with Gasteiger partial charge in [0.1, 0.15) is 5.82 Å². The predicted octanol–water partition coefficient (Wildman–Crippen LogP) is 3.71. The van der Waals surface area contributed by atoms with Crippen molar-refractivity contribution in [2.45, 2.75) is 12.7 Å². The van der Waals surface area contributed by atoms with Crippen LogP contribution in [0.3, 0.4) is 0 Å². The molecule has 0 bridgehead atoms. The van der Waals surface area contributed by atoms with Gasteiger partial charge >= 0.3 is 0 Å². The van der Waals surface area contributed by atoms with E-state index in [4.69, 9.17) is 0 Å². The van der Waals surface area contributed by atoms with E-state index in [1.165, 1.54) is 34.4 Å². The van der Waals surface area contributed by atoms with Gasteiger partial charge in [0.15, 0.2) is 0 Å². The average Bonchev–Trinajstić information content (AvgIpc) is 2.57. The van der Waals surface area contributed by atoms with Gasteiger partial charge in [-0.2, -0.15) is 0 Å². The van der Waals surface area contributed by atoms with Crippen LogP contribution in [-0.4, -0.2) is 36.6 Å². The van der Waals surface area contributed by atoms with Crippen LogP contribution in [0.1, 0.15) is 21.5 Å². The van der Waals surface area contributed by atoms with Gasteiger partial charge in [-0.15, -0.1) is 11.8 Å². The number of amides is 2. The molecule has 132 valence electrons. The first kappa shape index (κ1) is 19.0. The largest absolute Gasteiger partial charge is 0.345 e. The van der Waals surface area contributed by atoms with Crippen molar-refractivity contribution in [1.82, 2.24) is 4.90 Å². The van der Waals surface area contributed by atoms with Crippen LogP contribution in [0.2, 0.25) is 0 Å². The van der Waals surface area contributed by atoms with Crippen molar-refractivity contribution in [3.05, 3.63) is 65.0 Å². The topological polar surface area (TPSA) is 49.4 Å². The molecular formula is C19H21FN2O2S. The summed E-state index contributed by atoms with van der Waals surface area (Å²) in [5.74, 6) is -0.128. The van der Waals surface area contributed by atoms with E-state index in [0.717, 1.165) is 17.4 Å². The molecule has 6 heteroatoms. The first-order chi connectivity index (χ1) is 11.9. The van der Waals surface area contributed by atoms with Crippen LogP contribution in [0.25, 0.3) is 0 Å². The molecule has 0 aliphatic heterocycles. The lowest BCUT2D eigenvalue weighted by Crippen LogP contribution is -2.24. The molecule has 0 aromatic heterocycles. The highest BCUT2D eigenvalue weighted by molar-refractivity contribution is 7.99. The van der Waals surface area contributed by atoms with Gasteiger partial charge < -0.3 is 10.2 Å². The van der Waals surface area contributed by atoms with Crippen molar-refractivity contribution >= 4 is 29.3 Å². The lowest BCUT2D eigenvalue weighted by molar-refractivity contribution is -0.113. The Balaban J connectivity index is 1.96. The Morgan fingerprint density at radius 3 is 2.44 bits per heavy atom. The molecule has 0 aliphatic carbocycles. The zero-order valence-electron chi connectivity index (χ0n) is 14.5. The van der Waals surface area contributed by atoms with Crippen LogP contribution >= 0.6 is 11.8 Å². The minimum Gasteiger partial charge on any atom is -0.345 e. The number of hydrogen-bond acceptors (Lipinski definition) is 3. The Morgan fingerprint density at radius 2 is 1.80 bits per heavy atom. The molecular weight excluding hydrogens is 339 g/mol. The van der Waals surface area contributed by atoms with E-state index in [0.29, 0.717) is 5.69 Å². The lowest BCUT2D eigenvalue weighted by Gasteiger charge is -2.15. The molecule has 1 N–H and O–H groups in total. The molecule has 2 aromatic carbocycles. The van der Waals surface area contributed by atoms with Crippen LogP contribution in [0.5, 0.6) is 0 Å². The van der Waals surface area contributed by atoms with Crippen LogP contribution < -0.4 is 5.32 Å². The minimum atomic E-state index is -0.517. The second kappa shape index (κ2) is 8.67. The van der Waals surface area contributed by atoms with Crippen molar-refractivity contribution in [1.29, 1.82) is 0 Å². The minimum absolute atomic E-state index is 0.141. The number of hydrogen-bond donors (Lipinski definition) is 1. The average molecular weight is 360 g/mol. The number of benzene rings is 2. The quantitative estimate of drug-likeness (QED) is 0.854. The smallest absolute Gasteiger partial charge is 0.255 e. The summed E-state index contributed by atoms with van der Waals surface area (Å²) in [4.78, 5) is 25.6. The monoisotopic (exact) mass is 360 g/mol. The Morgan fingerprint density at radius 1 is 1.12 bits per heavy atom. The number of carbonyl (C=O) groups is 2. The normalized spacial score (nSPS) is 10.4. The van der Waals surface area contributed by atoms with Gasteiger partial charge in [0.2, 0.25) is 5.91 Å². The van der Waals surface area contributed by atoms with Crippen molar-refractivity contribution in [2.75, 3.05) is 25.2 Å². The second-order valence-electron chi connectivity index (χ2n) is 5.92. The number of halogens is 1. The second-order valence-corrected chi connectivity index (χ2v) is 6.90. The van der Waals surface area contributed by atoms with Gasteiger partial charge in [-0.05, 0) is 30.7 Å². The number of nitrogens with one attached hydrogen (secondary N) is 1. The van der Waals surface area contributed by atoms with E-state index in [1.807, 2.05) is 31.2 Å². The Kier molecular flexibility index (Phi) is 6.58. The van der Waals surface area contributed by atoms with Crippen LogP contribution in [0, 0.1) is 12.7 Å². The maximum Gasteiger partial charge on any atom is 0.255 e. The van der Waals surface area contributed by atoms with Crippen molar-refractivity contribution in [2.24, 2.45) is 0 Å². The Labute approximate surface area is 151 Å². The lowest BCUT2D eigenvalue weighted by atomic mass is 10.1. The summed E-state index contributed by atoms with van der Waals surface area (Å²) in [5, 5.41) is 2.69. The molecule has 0 atom stereocenters. The van der Waals surface area contributed by atoms with Gasteiger partial charge in [0, 0.05) is 19.8 Å². The molecule has 0 spiro atoms. The first-order valence-corrected chi connectivity index (χ1v) is 8.96. The Bertz CT molecular complexity index is 761. The van der Waals surface area contributed by atoms with Gasteiger partial charge in [-0.1, -0.05) is 29.8 Å². The molecule has 0 aliphatic rings. The van der Waals surface area contributed by atoms with Crippen LogP contribution in [-0.2, 0) is 10.5 Å². The van der Waals surface area contributed by atoms with E-state index in [2.05, 4.69) is 5.32 Å². The summed E-state index contributed by atoms with van der Waals surface area (Å²) >= 11 is 1.48. The molecule has 4 nitrogen and oxygen atoms in total. The summed E-state index contributed by atoms with van der Waals surface area (Å²) in [6.07, 6.45) is 0. The molecule has 25 heavy (non-hydrogen) atoms. The number of anilines is 1. The third-order valence-electron chi connectivity index (χ3n) is 3.51. The summed E-state index contributed by atoms with van der Waals surface area (Å²) < 4.78 is 13.4. The van der Waals surface area contributed by atoms with Crippen molar-refractivity contribution in [3.63, 3.8) is 0 Å². The zero-order valence-corrected chi connectivity index (χ0v) is 15.3. The third-order valence-corrected chi connectivity index (χ3v) is 4.52.